The molecule has 230 valence electrons. The maximum absolute atomic E-state index is 5.30. The molecular formula is C45H29N3S. The summed E-state index contributed by atoms with van der Waals surface area (Å²) in [7, 11) is 0. The van der Waals surface area contributed by atoms with Crippen LogP contribution in [-0.2, 0) is 0 Å². The first-order valence-electron chi connectivity index (χ1n) is 16.9. The molecule has 0 bridgehead atoms. The summed E-state index contributed by atoms with van der Waals surface area (Å²) in [5, 5.41) is 18.0. The summed E-state index contributed by atoms with van der Waals surface area (Å²) >= 11 is 1.91. The fraction of sp³-hybridized carbons (Fsp3) is 0.0444. The summed E-state index contributed by atoms with van der Waals surface area (Å²) in [6.45, 7) is 0. The molecule has 0 fully saturated rings. The zero-order valence-corrected chi connectivity index (χ0v) is 27.3. The predicted molar refractivity (Wildman–Crippen MR) is 207 cm³/mol. The van der Waals surface area contributed by atoms with E-state index in [0.29, 0.717) is 0 Å². The van der Waals surface area contributed by atoms with Crippen LogP contribution < -0.4 is 10.6 Å². The fourth-order valence-corrected chi connectivity index (χ4v) is 9.54. The van der Waals surface area contributed by atoms with Crippen LogP contribution >= 0.6 is 11.3 Å². The lowest BCUT2D eigenvalue weighted by atomic mass is 9.97. The lowest BCUT2D eigenvalue weighted by molar-refractivity contribution is 0.411. The molecule has 2 unspecified atom stereocenters. The zero-order chi connectivity index (χ0) is 32.1. The summed E-state index contributed by atoms with van der Waals surface area (Å²) in [6, 6.07) is 55.2. The average Bonchev–Trinajstić information content (AvgIpc) is 3.72. The number of hydrogen-bond donors (Lipinski definition) is 2. The highest BCUT2D eigenvalue weighted by atomic mass is 32.1. The maximum Gasteiger partial charge on any atom is 0.131 e. The molecule has 3 nitrogen and oxygen atoms in total. The highest BCUT2D eigenvalue weighted by molar-refractivity contribution is 7.26. The molecule has 2 aliphatic rings. The lowest BCUT2D eigenvalue weighted by Crippen LogP contribution is -2.45. The Hall–Kier alpha value is -5.81. The third-order valence-electron chi connectivity index (χ3n) is 10.5. The maximum atomic E-state index is 5.30. The molecule has 1 aliphatic heterocycles. The summed E-state index contributed by atoms with van der Waals surface area (Å²) in [5.74, 6) is 0.895. The first-order valence-corrected chi connectivity index (χ1v) is 17.7. The Kier molecular flexibility index (Phi) is 5.74. The molecule has 1 aliphatic carbocycles. The molecule has 8 aromatic carbocycles. The largest absolute Gasteiger partial charge is 0.350 e. The van der Waals surface area contributed by atoms with Crippen molar-refractivity contribution in [2.75, 3.05) is 0 Å². The van der Waals surface area contributed by atoms with E-state index in [1.165, 1.54) is 80.3 Å². The van der Waals surface area contributed by atoms with E-state index in [-0.39, 0.29) is 12.3 Å². The molecule has 2 atom stereocenters. The third kappa shape index (κ3) is 4.02. The Morgan fingerprint density at radius 3 is 2.18 bits per heavy atom. The topological polar surface area (TPSA) is 36.4 Å². The molecule has 0 radical (unpaired) electrons. The van der Waals surface area contributed by atoms with Gasteiger partial charge in [0.2, 0.25) is 0 Å². The standard InChI is InChI=1S/C45H29N3S/c1-2-10-29(11-3-1)43-46-44(30-22-21-27-20-19-26-9-4-5-14-31(26)37(27)25-30)48-45(47-43)36-17-8-18-38-40(36)35-24-23-33-32-15-6-12-28-13-7-16-34(39(28)32)41(33)42(35)49-38/h1-25,44-45,48H,(H,46,47). The molecule has 1 aromatic heterocycles. The Balaban J connectivity index is 1.09. The summed E-state index contributed by atoms with van der Waals surface area (Å²) in [5.41, 5.74) is 8.85. The van der Waals surface area contributed by atoms with E-state index in [9.17, 15) is 0 Å². The Morgan fingerprint density at radius 1 is 0.531 bits per heavy atom. The number of amidine groups is 1. The Morgan fingerprint density at radius 2 is 1.29 bits per heavy atom. The average molecular weight is 644 g/mol. The van der Waals surface area contributed by atoms with Gasteiger partial charge in [0.15, 0.2) is 0 Å². The van der Waals surface area contributed by atoms with Crippen LogP contribution in [0.2, 0.25) is 0 Å². The minimum atomic E-state index is -0.235. The van der Waals surface area contributed by atoms with Crippen molar-refractivity contribution >= 4 is 69.7 Å². The van der Waals surface area contributed by atoms with Crippen molar-refractivity contribution < 1.29 is 0 Å². The number of nitrogens with zero attached hydrogens (tertiary/aromatic N) is 1. The SMILES string of the molecule is c1ccc(C2=NC(c3ccc4ccc5ccccc5c4c3)NC(c3cccc4sc5c6c(ccc5c34)-c3cccc4cccc-6c34)N2)cc1. The number of fused-ring (bicyclic) bond motifs is 10. The number of rotatable bonds is 3. The second-order valence-corrected chi connectivity index (χ2v) is 14.2. The van der Waals surface area contributed by atoms with E-state index in [4.69, 9.17) is 4.99 Å². The minimum Gasteiger partial charge on any atom is -0.350 e. The van der Waals surface area contributed by atoms with Gasteiger partial charge in [-0.3, -0.25) is 5.32 Å². The highest BCUT2D eigenvalue weighted by Gasteiger charge is 2.29. The van der Waals surface area contributed by atoms with Crippen molar-refractivity contribution in [1.29, 1.82) is 0 Å². The van der Waals surface area contributed by atoms with Gasteiger partial charge in [-0.1, -0.05) is 140 Å². The van der Waals surface area contributed by atoms with Gasteiger partial charge in [0.25, 0.3) is 0 Å². The Bertz CT molecular complexity index is 2840. The summed E-state index contributed by atoms with van der Waals surface area (Å²) in [6.07, 6.45) is -0.391. The smallest absolute Gasteiger partial charge is 0.131 e. The molecule has 0 amide bonds. The molecular weight excluding hydrogens is 615 g/mol. The lowest BCUT2D eigenvalue weighted by Gasteiger charge is -2.32. The molecule has 49 heavy (non-hydrogen) atoms. The van der Waals surface area contributed by atoms with Gasteiger partial charge in [-0.15, -0.1) is 11.3 Å². The molecule has 4 heteroatoms. The fourth-order valence-electron chi connectivity index (χ4n) is 8.24. The quantitative estimate of drug-likeness (QED) is 0.188. The van der Waals surface area contributed by atoms with Gasteiger partial charge in [0, 0.05) is 31.3 Å². The van der Waals surface area contributed by atoms with E-state index < -0.39 is 0 Å². The highest BCUT2D eigenvalue weighted by Crippen LogP contribution is 2.53. The van der Waals surface area contributed by atoms with Crippen LogP contribution in [0.5, 0.6) is 0 Å². The van der Waals surface area contributed by atoms with E-state index >= 15 is 0 Å². The van der Waals surface area contributed by atoms with Crippen LogP contribution in [0.1, 0.15) is 29.0 Å². The first-order chi connectivity index (χ1) is 24.3. The number of nitrogens with one attached hydrogen (secondary N) is 2. The van der Waals surface area contributed by atoms with E-state index in [1.807, 2.05) is 11.3 Å². The van der Waals surface area contributed by atoms with Gasteiger partial charge in [-0.05, 0) is 72.3 Å². The number of hydrogen-bond acceptors (Lipinski definition) is 4. The molecule has 9 aromatic rings. The molecule has 2 N–H and O–H groups in total. The first kappa shape index (κ1) is 27.2. The molecule has 11 rings (SSSR count). The summed E-state index contributed by atoms with van der Waals surface area (Å²) in [4.78, 5) is 5.30. The third-order valence-corrected chi connectivity index (χ3v) is 11.7. The second-order valence-electron chi connectivity index (χ2n) is 13.2. The number of aliphatic imine (C=N–C) groups is 1. The molecule has 0 saturated heterocycles. The van der Waals surface area contributed by atoms with E-state index in [0.717, 1.165) is 17.0 Å². The van der Waals surface area contributed by atoms with Crippen LogP contribution in [-0.4, -0.2) is 5.84 Å². The van der Waals surface area contributed by atoms with Gasteiger partial charge in [0.1, 0.15) is 18.2 Å². The van der Waals surface area contributed by atoms with Gasteiger partial charge in [-0.25, -0.2) is 4.99 Å². The molecule has 0 spiro atoms. The van der Waals surface area contributed by atoms with Crippen molar-refractivity contribution in [3.8, 4) is 22.3 Å². The van der Waals surface area contributed by atoms with Crippen molar-refractivity contribution in [1.82, 2.24) is 10.6 Å². The van der Waals surface area contributed by atoms with Crippen molar-refractivity contribution in [3.63, 3.8) is 0 Å². The minimum absolute atomic E-state index is 0.156. The van der Waals surface area contributed by atoms with Crippen LogP contribution in [0.3, 0.4) is 0 Å². The second kappa shape index (κ2) is 10.3. The zero-order valence-electron chi connectivity index (χ0n) is 26.4. The molecule has 0 saturated carbocycles. The predicted octanol–water partition coefficient (Wildman–Crippen LogP) is 11.5. The van der Waals surface area contributed by atoms with Gasteiger partial charge in [0.05, 0.1) is 0 Å². The summed E-state index contributed by atoms with van der Waals surface area (Å²) < 4.78 is 2.65. The van der Waals surface area contributed by atoms with E-state index in [2.05, 4.69) is 162 Å². The van der Waals surface area contributed by atoms with Crippen molar-refractivity contribution in [3.05, 3.63) is 168 Å². The van der Waals surface area contributed by atoms with Crippen molar-refractivity contribution in [2.45, 2.75) is 12.3 Å². The van der Waals surface area contributed by atoms with Crippen LogP contribution in [0, 0.1) is 0 Å². The van der Waals surface area contributed by atoms with Gasteiger partial charge >= 0.3 is 0 Å². The van der Waals surface area contributed by atoms with Gasteiger partial charge in [-0.2, -0.15) is 0 Å². The van der Waals surface area contributed by atoms with Crippen LogP contribution in [0.4, 0.5) is 0 Å². The number of thiophene rings is 1. The van der Waals surface area contributed by atoms with Crippen LogP contribution in [0.15, 0.2) is 157 Å². The monoisotopic (exact) mass is 643 g/mol. The Labute approximate surface area is 287 Å². The van der Waals surface area contributed by atoms with Crippen molar-refractivity contribution in [2.24, 2.45) is 4.99 Å². The number of benzene rings is 8. The van der Waals surface area contributed by atoms with E-state index in [1.54, 1.807) is 0 Å². The van der Waals surface area contributed by atoms with Crippen LogP contribution in [0.25, 0.3) is 74.7 Å². The van der Waals surface area contributed by atoms with Gasteiger partial charge < -0.3 is 5.32 Å². The molecule has 2 heterocycles. The normalized spacial score (nSPS) is 16.8.